The lowest BCUT2D eigenvalue weighted by Crippen LogP contribution is -2.25. The number of aromatic nitrogens is 1. The van der Waals surface area contributed by atoms with E-state index in [1.165, 1.54) is 11.3 Å². The maximum Gasteiger partial charge on any atom is 0.407 e. The predicted molar refractivity (Wildman–Crippen MR) is 116 cm³/mol. The van der Waals surface area contributed by atoms with Crippen molar-refractivity contribution in [2.24, 2.45) is 22.4 Å². The molecule has 8 nitrogen and oxygen atoms in total. The van der Waals surface area contributed by atoms with Crippen LogP contribution in [0.1, 0.15) is 31.7 Å². The Labute approximate surface area is 173 Å². The Morgan fingerprint density at radius 3 is 2.83 bits per heavy atom. The molecule has 29 heavy (non-hydrogen) atoms. The summed E-state index contributed by atoms with van der Waals surface area (Å²) in [5, 5.41) is 13.7. The van der Waals surface area contributed by atoms with Crippen LogP contribution in [0.2, 0.25) is 0 Å². The molecule has 1 fully saturated rings. The number of ether oxygens (including phenoxy) is 1. The van der Waals surface area contributed by atoms with Gasteiger partial charge >= 0.3 is 6.09 Å². The molecule has 2 aromatic rings. The van der Waals surface area contributed by atoms with Crippen LogP contribution in [0, 0.1) is 5.92 Å². The van der Waals surface area contributed by atoms with E-state index >= 15 is 0 Å². The van der Waals surface area contributed by atoms with E-state index in [9.17, 15) is 9.90 Å². The van der Waals surface area contributed by atoms with Gasteiger partial charge in [-0.15, -0.1) is 11.3 Å². The Morgan fingerprint density at radius 1 is 1.38 bits per heavy atom. The largest absolute Gasteiger partial charge is 0.449 e. The predicted octanol–water partition coefficient (Wildman–Crippen LogP) is 2.23. The van der Waals surface area contributed by atoms with E-state index in [1.807, 2.05) is 31.2 Å². The number of nitrogens with one attached hydrogen (secondary N) is 1. The monoisotopic (exact) mass is 417 g/mol. The normalized spacial score (nSPS) is 23.1. The van der Waals surface area contributed by atoms with Gasteiger partial charge in [0.05, 0.1) is 34.5 Å². The third kappa shape index (κ3) is 5.04. The maximum absolute atomic E-state index is 11.5. The van der Waals surface area contributed by atoms with Gasteiger partial charge in [0, 0.05) is 12.2 Å². The average Bonchev–Trinajstić information content (AvgIpc) is 3.23. The molecule has 0 saturated heterocycles. The highest BCUT2D eigenvalue weighted by Gasteiger charge is 2.34. The van der Waals surface area contributed by atoms with Gasteiger partial charge < -0.3 is 26.6 Å². The van der Waals surface area contributed by atoms with E-state index in [0.717, 1.165) is 10.2 Å². The van der Waals surface area contributed by atoms with Gasteiger partial charge in [-0.3, -0.25) is 4.99 Å². The zero-order chi connectivity index (χ0) is 21.0. The number of amides is 1. The van der Waals surface area contributed by atoms with E-state index in [2.05, 4.69) is 15.3 Å². The van der Waals surface area contributed by atoms with E-state index in [1.54, 1.807) is 6.92 Å². The number of para-hydroxylation sites is 1. The molecule has 1 amide bonds. The van der Waals surface area contributed by atoms with Crippen LogP contribution in [-0.4, -0.2) is 47.3 Å². The maximum atomic E-state index is 11.5. The first-order valence-corrected chi connectivity index (χ1v) is 10.4. The van der Waals surface area contributed by atoms with E-state index in [-0.39, 0.29) is 24.4 Å². The highest BCUT2D eigenvalue weighted by Crippen LogP contribution is 2.31. The van der Waals surface area contributed by atoms with Crippen LogP contribution in [0.3, 0.4) is 0 Å². The highest BCUT2D eigenvalue weighted by molar-refractivity contribution is 7.19. The summed E-state index contributed by atoms with van der Waals surface area (Å²) in [6.45, 7) is 4.34. The van der Waals surface area contributed by atoms with Crippen molar-refractivity contribution in [2.75, 3.05) is 13.2 Å². The smallest absolute Gasteiger partial charge is 0.407 e. The van der Waals surface area contributed by atoms with Crippen LogP contribution in [0.4, 0.5) is 4.79 Å². The highest BCUT2D eigenvalue weighted by atomic mass is 32.1. The second-order valence-electron chi connectivity index (χ2n) is 7.16. The van der Waals surface area contributed by atoms with Gasteiger partial charge in [-0.25, -0.2) is 9.78 Å². The first-order valence-electron chi connectivity index (χ1n) is 9.63. The molecule has 6 N–H and O–H groups in total. The number of benzene rings is 1. The molecule has 1 saturated carbocycles. The molecule has 0 aliphatic heterocycles. The minimum absolute atomic E-state index is 0.0306. The standard InChI is InChI=1S/C20H27N5O3S/c1-3-23-20(27)28-10-12-8-14(15(26)9-12)24-18(22)17(11(2)21)19-25-13-6-4-5-7-16(13)29-19/h4-7,12,14-15,26H,3,8-10,21H2,1-2H3,(H2,22,24)(H,23,27)/t12-,14+,15+/m0/s1. The fourth-order valence-electron chi connectivity index (χ4n) is 3.46. The quantitative estimate of drug-likeness (QED) is 0.420. The van der Waals surface area contributed by atoms with E-state index in [4.69, 9.17) is 16.2 Å². The lowest BCUT2D eigenvalue weighted by Gasteiger charge is -2.13. The number of carbonyl (C=O) groups excluding carboxylic acids is 1. The van der Waals surface area contributed by atoms with Gasteiger partial charge in [0.1, 0.15) is 10.8 Å². The first kappa shape index (κ1) is 21.1. The minimum atomic E-state index is -0.647. The number of thiazole rings is 1. The molecule has 1 aromatic heterocycles. The zero-order valence-electron chi connectivity index (χ0n) is 16.6. The van der Waals surface area contributed by atoms with Crippen molar-refractivity contribution in [3.8, 4) is 0 Å². The zero-order valence-corrected chi connectivity index (χ0v) is 17.4. The molecule has 9 heteroatoms. The van der Waals surface area contributed by atoms with Crippen LogP contribution in [-0.2, 0) is 4.74 Å². The molecule has 1 aliphatic carbocycles. The van der Waals surface area contributed by atoms with Gasteiger partial charge in [0.2, 0.25) is 0 Å². The Morgan fingerprint density at radius 2 is 2.14 bits per heavy atom. The Kier molecular flexibility index (Phi) is 6.71. The van der Waals surface area contributed by atoms with E-state index in [0.29, 0.717) is 35.7 Å². The topological polar surface area (TPSA) is 136 Å². The molecule has 156 valence electrons. The average molecular weight is 418 g/mol. The van der Waals surface area contributed by atoms with Crippen molar-refractivity contribution in [3.63, 3.8) is 0 Å². The van der Waals surface area contributed by atoms with Crippen molar-refractivity contribution in [2.45, 2.75) is 38.8 Å². The number of aliphatic imine (C=N–C) groups is 1. The van der Waals surface area contributed by atoms with Crippen LogP contribution in [0.15, 0.2) is 35.0 Å². The number of nitrogens with zero attached hydrogens (tertiary/aromatic N) is 2. The number of hydrogen-bond acceptors (Lipinski definition) is 7. The van der Waals surface area contributed by atoms with E-state index < -0.39 is 12.2 Å². The van der Waals surface area contributed by atoms with Crippen molar-refractivity contribution in [1.29, 1.82) is 0 Å². The summed E-state index contributed by atoms with van der Waals surface area (Å²) >= 11 is 1.50. The number of rotatable bonds is 6. The number of amidine groups is 1. The third-order valence-corrected chi connectivity index (χ3v) is 5.88. The molecular formula is C20H27N5O3S. The lowest BCUT2D eigenvalue weighted by molar-refractivity contribution is 0.119. The second-order valence-corrected chi connectivity index (χ2v) is 8.19. The number of alkyl carbamates (subject to hydrolysis) is 1. The summed E-state index contributed by atoms with van der Waals surface area (Å²) in [6, 6.07) is 7.44. The van der Waals surface area contributed by atoms with Crippen LogP contribution >= 0.6 is 11.3 Å². The summed E-state index contributed by atoms with van der Waals surface area (Å²) in [6.07, 6.45) is -0.0138. The van der Waals surface area contributed by atoms with Gasteiger partial charge in [0.25, 0.3) is 0 Å². The van der Waals surface area contributed by atoms with Crippen molar-refractivity contribution in [1.82, 2.24) is 10.3 Å². The summed E-state index contributed by atoms with van der Waals surface area (Å²) in [4.78, 5) is 20.6. The minimum Gasteiger partial charge on any atom is -0.449 e. The lowest BCUT2D eigenvalue weighted by atomic mass is 10.1. The van der Waals surface area contributed by atoms with Crippen LogP contribution in [0.5, 0.6) is 0 Å². The number of aliphatic hydroxyl groups excluding tert-OH is 1. The Balaban J connectivity index is 1.74. The number of carbonyl (C=O) groups is 1. The first-order chi connectivity index (χ1) is 13.9. The fraction of sp³-hybridized carbons (Fsp3) is 0.450. The second kappa shape index (κ2) is 9.23. The molecule has 3 atom stereocenters. The molecule has 3 rings (SSSR count). The number of fused-ring (bicyclic) bond motifs is 1. The summed E-state index contributed by atoms with van der Waals surface area (Å²) in [5.41, 5.74) is 14.4. The molecule has 0 unspecified atom stereocenters. The molecule has 1 aliphatic rings. The van der Waals surface area contributed by atoms with Gasteiger partial charge in [0.15, 0.2) is 0 Å². The summed E-state index contributed by atoms with van der Waals surface area (Å²) < 4.78 is 6.22. The Hall–Kier alpha value is -2.65. The number of allylic oxidation sites excluding steroid dienone is 1. The molecule has 0 spiro atoms. The van der Waals surface area contributed by atoms with Crippen molar-refractivity contribution >= 4 is 39.1 Å². The fourth-order valence-corrected chi connectivity index (χ4v) is 4.54. The van der Waals surface area contributed by atoms with Crippen LogP contribution < -0.4 is 16.8 Å². The molecule has 0 bridgehead atoms. The van der Waals surface area contributed by atoms with Crippen molar-refractivity contribution < 1.29 is 14.6 Å². The van der Waals surface area contributed by atoms with Gasteiger partial charge in [-0.2, -0.15) is 0 Å². The summed E-state index contributed by atoms with van der Waals surface area (Å²) in [7, 11) is 0. The third-order valence-electron chi connectivity index (χ3n) is 4.83. The number of hydrogen-bond donors (Lipinski definition) is 4. The van der Waals surface area contributed by atoms with Crippen LogP contribution in [0.25, 0.3) is 15.8 Å². The summed E-state index contributed by atoms with van der Waals surface area (Å²) in [5.74, 6) is 0.293. The number of nitrogens with two attached hydrogens (primary N) is 2. The van der Waals surface area contributed by atoms with Gasteiger partial charge in [-0.1, -0.05) is 12.1 Å². The van der Waals surface area contributed by atoms with Gasteiger partial charge in [-0.05, 0) is 44.7 Å². The molecule has 1 heterocycles. The Bertz CT molecular complexity index is 902. The number of aliphatic hydroxyl groups is 1. The molecular weight excluding hydrogens is 390 g/mol. The molecule has 1 aromatic carbocycles. The molecule has 0 radical (unpaired) electrons. The van der Waals surface area contributed by atoms with Crippen molar-refractivity contribution in [3.05, 3.63) is 35.0 Å². The SMILES string of the molecule is CCNC(=O)OC[C@@H]1C[C@@H](O)[C@H](N=C(N)C(=C(C)N)c2nc3ccccc3s2)C1.